The Morgan fingerprint density at radius 1 is 1.44 bits per heavy atom. The highest BCUT2D eigenvalue weighted by Crippen LogP contribution is 2.22. The van der Waals surface area contributed by atoms with E-state index in [1.54, 1.807) is 6.33 Å². The average Bonchev–Trinajstić information content (AvgIpc) is 2.50. The molecule has 0 saturated carbocycles. The fourth-order valence-corrected chi connectivity index (χ4v) is 1.83. The number of aryl methyl sites for hydroxylation is 1. The van der Waals surface area contributed by atoms with Crippen LogP contribution < -0.4 is 0 Å². The van der Waals surface area contributed by atoms with Crippen LogP contribution in [0.4, 0.5) is 0 Å². The predicted molar refractivity (Wildman–Crippen MR) is 64.1 cm³/mol. The lowest BCUT2D eigenvalue weighted by molar-refractivity contribution is 0.118. The standard InChI is InChI=1S/C12H23N3O/c1-5-6-15-11(13-9-14-15)7-10(16)8-12(2,3)4/h9-10,16H,5-8H2,1-4H3. The molecule has 0 spiro atoms. The molecule has 0 aromatic carbocycles. The Kier molecular flexibility index (Phi) is 4.47. The zero-order valence-electron chi connectivity index (χ0n) is 10.8. The smallest absolute Gasteiger partial charge is 0.138 e. The quantitative estimate of drug-likeness (QED) is 0.834. The predicted octanol–water partition coefficient (Wildman–Crippen LogP) is 2.03. The molecule has 1 rings (SSSR count). The van der Waals surface area contributed by atoms with Gasteiger partial charge in [0.1, 0.15) is 12.2 Å². The Labute approximate surface area is 97.7 Å². The molecule has 0 saturated heterocycles. The van der Waals surface area contributed by atoms with Crippen molar-refractivity contribution in [2.75, 3.05) is 0 Å². The van der Waals surface area contributed by atoms with E-state index in [0.29, 0.717) is 6.42 Å². The van der Waals surface area contributed by atoms with Crippen LogP contribution >= 0.6 is 0 Å². The van der Waals surface area contributed by atoms with Crippen LogP contribution in [0.15, 0.2) is 6.33 Å². The van der Waals surface area contributed by atoms with E-state index in [-0.39, 0.29) is 11.5 Å². The molecule has 0 radical (unpaired) electrons. The van der Waals surface area contributed by atoms with Gasteiger partial charge in [-0.25, -0.2) is 4.98 Å². The number of nitrogens with zero attached hydrogens (tertiary/aromatic N) is 3. The van der Waals surface area contributed by atoms with E-state index in [1.165, 1.54) is 0 Å². The number of hydrogen-bond acceptors (Lipinski definition) is 3. The summed E-state index contributed by atoms with van der Waals surface area (Å²) in [6, 6.07) is 0. The van der Waals surface area contributed by atoms with Gasteiger partial charge in [-0.2, -0.15) is 5.10 Å². The third kappa shape index (κ3) is 4.31. The zero-order valence-corrected chi connectivity index (χ0v) is 10.8. The van der Waals surface area contributed by atoms with E-state index in [9.17, 15) is 5.11 Å². The van der Waals surface area contributed by atoms with E-state index >= 15 is 0 Å². The Balaban J connectivity index is 2.55. The number of aromatic nitrogens is 3. The lowest BCUT2D eigenvalue weighted by Gasteiger charge is -2.22. The third-order valence-corrected chi connectivity index (χ3v) is 2.40. The Morgan fingerprint density at radius 3 is 2.69 bits per heavy atom. The summed E-state index contributed by atoms with van der Waals surface area (Å²) in [7, 11) is 0. The van der Waals surface area contributed by atoms with Crippen molar-refractivity contribution in [2.45, 2.75) is 59.6 Å². The van der Waals surface area contributed by atoms with Gasteiger partial charge < -0.3 is 5.11 Å². The molecule has 1 atom stereocenters. The molecule has 1 unspecified atom stereocenters. The van der Waals surface area contributed by atoms with Crippen molar-refractivity contribution in [2.24, 2.45) is 5.41 Å². The first-order valence-electron chi connectivity index (χ1n) is 5.97. The molecule has 1 aromatic heterocycles. The average molecular weight is 225 g/mol. The highest BCUT2D eigenvalue weighted by Gasteiger charge is 2.18. The van der Waals surface area contributed by atoms with Crippen LogP contribution in [0, 0.1) is 5.41 Å². The molecule has 0 fully saturated rings. The lowest BCUT2D eigenvalue weighted by atomic mass is 9.88. The van der Waals surface area contributed by atoms with Crippen molar-refractivity contribution in [1.82, 2.24) is 14.8 Å². The highest BCUT2D eigenvalue weighted by molar-refractivity contribution is 4.88. The Hall–Kier alpha value is -0.900. The molecule has 1 heterocycles. The summed E-state index contributed by atoms with van der Waals surface area (Å²) in [5, 5.41) is 14.1. The summed E-state index contributed by atoms with van der Waals surface area (Å²) >= 11 is 0. The maximum absolute atomic E-state index is 9.97. The fraction of sp³-hybridized carbons (Fsp3) is 0.833. The van der Waals surface area contributed by atoms with Crippen LogP contribution in [0.5, 0.6) is 0 Å². The minimum Gasteiger partial charge on any atom is -0.393 e. The van der Waals surface area contributed by atoms with Gasteiger partial charge in [0.2, 0.25) is 0 Å². The van der Waals surface area contributed by atoms with Gasteiger partial charge in [0, 0.05) is 13.0 Å². The van der Waals surface area contributed by atoms with Gasteiger partial charge in [0.15, 0.2) is 0 Å². The van der Waals surface area contributed by atoms with Crippen LogP contribution in [-0.4, -0.2) is 26.0 Å². The molecular formula is C12H23N3O. The highest BCUT2D eigenvalue weighted by atomic mass is 16.3. The molecule has 0 bridgehead atoms. The second kappa shape index (κ2) is 5.43. The SMILES string of the molecule is CCCn1ncnc1CC(O)CC(C)(C)C. The van der Waals surface area contributed by atoms with Gasteiger partial charge in [-0.1, -0.05) is 27.7 Å². The van der Waals surface area contributed by atoms with E-state index in [2.05, 4.69) is 37.8 Å². The van der Waals surface area contributed by atoms with Crippen molar-refractivity contribution in [3.63, 3.8) is 0 Å². The van der Waals surface area contributed by atoms with Crippen LogP contribution in [0.1, 0.15) is 46.4 Å². The fourth-order valence-electron chi connectivity index (χ4n) is 1.83. The maximum atomic E-state index is 9.97. The molecule has 0 aliphatic heterocycles. The van der Waals surface area contributed by atoms with Gasteiger partial charge >= 0.3 is 0 Å². The van der Waals surface area contributed by atoms with Crippen molar-refractivity contribution < 1.29 is 5.11 Å². The van der Waals surface area contributed by atoms with E-state index in [0.717, 1.165) is 25.2 Å². The molecule has 16 heavy (non-hydrogen) atoms. The minimum absolute atomic E-state index is 0.148. The Bertz CT molecular complexity index is 314. The van der Waals surface area contributed by atoms with Gasteiger partial charge in [-0.05, 0) is 18.3 Å². The molecule has 0 aliphatic rings. The van der Waals surface area contributed by atoms with Crippen LogP contribution in [-0.2, 0) is 13.0 Å². The maximum Gasteiger partial charge on any atom is 0.138 e. The van der Waals surface area contributed by atoms with Gasteiger partial charge in [-0.15, -0.1) is 0 Å². The number of aliphatic hydroxyl groups is 1. The molecule has 1 N–H and O–H groups in total. The van der Waals surface area contributed by atoms with Gasteiger partial charge in [-0.3, -0.25) is 4.68 Å². The van der Waals surface area contributed by atoms with E-state index in [4.69, 9.17) is 0 Å². The summed E-state index contributed by atoms with van der Waals surface area (Å²) in [5.74, 6) is 0.888. The Morgan fingerprint density at radius 2 is 2.12 bits per heavy atom. The molecule has 0 aliphatic carbocycles. The zero-order chi connectivity index (χ0) is 12.2. The number of rotatable bonds is 5. The second-order valence-electron chi connectivity index (χ2n) is 5.52. The van der Waals surface area contributed by atoms with Crippen LogP contribution in [0.25, 0.3) is 0 Å². The molecular weight excluding hydrogens is 202 g/mol. The monoisotopic (exact) mass is 225 g/mol. The summed E-state index contributed by atoms with van der Waals surface area (Å²) in [6.45, 7) is 9.38. The minimum atomic E-state index is -0.334. The van der Waals surface area contributed by atoms with E-state index < -0.39 is 0 Å². The van der Waals surface area contributed by atoms with Gasteiger partial charge in [0.05, 0.1) is 6.10 Å². The number of hydrogen-bond donors (Lipinski definition) is 1. The summed E-state index contributed by atoms with van der Waals surface area (Å²) in [6.07, 6.45) is 3.64. The van der Waals surface area contributed by atoms with Crippen molar-refractivity contribution in [3.05, 3.63) is 12.2 Å². The first-order valence-corrected chi connectivity index (χ1v) is 5.97. The van der Waals surface area contributed by atoms with Crippen molar-refractivity contribution >= 4 is 0 Å². The van der Waals surface area contributed by atoms with Crippen LogP contribution in [0.2, 0.25) is 0 Å². The molecule has 4 heteroatoms. The second-order valence-corrected chi connectivity index (χ2v) is 5.52. The largest absolute Gasteiger partial charge is 0.393 e. The molecule has 4 nitrogen and oxygen atoms in total. The van der Waals surface area contributed by atoms with Crippen LogP contribution in [0.3, 0.4) is 0 Å². The van der Waals surface area contributed by atoms with Gasteiger partial charge in [0.25, 0.3) is 0 Å². The first kappa shape index (κ1) is 13.2. The molecule has 92 valence electrons. The molecule has 1 aromatic rings. The summed E-state index contributed by atoms with van der Waals surface area (Å²) in [4.78, 5) is 4.20. The van der Waals surface area contributed by atoms with E-state index in [1.807, 2.05) is 4.68 Å². The number of aliphatic hydroxyl groups excluding tert-OH is 1. The third-order valence-electron chi connectivity index (χ3n) is 2.40. The first-order chi connectivity index (χ1) is 7.42. The lowest BCUT2D eigenvalue weighted by Crippen LogP contribution is -2.21. The van der Waals surface area contributed by atoms with Crippen molar-refractivity contribution in [3.8, 4) is 0 Å². The molecule has 0 amide bonds. The normalized spacial score (nSPS) is 14.1. The summed E-state index contributed by atoms with van der Waals surface area (Å²) < 4.78 is 1.88. The summed E-state index contributed by atoms with van der Waals surface area (Å²) in [5.41, 5.74) is 0.148. The topological polar surface area (TPSA) is 50.9 Å². The van der Waals surface area contributed by atoms with Crippen molar-refractivity contribution in [1.29, 1.82) is 0 Å².